The van der Waals surface area contributed by atoms with Crippen LogP contribution in [0.25, 0.3) is 6.08 Å². The molecule has 0 aliphatic carbocycles. The summed E-state index contributed by atoms with van der Waals surface area (Å²) in [5, 5.41) is 2.61. The quantitative estimate of drug-likeness (QED) is 0.842. The lowest BCUT2D eigenvalue weighted by atomic mass is 10.2. The third kappa shape index (κ3) is 3.76. The highest BCUT2D eigenvalue weighted by atomic mass is 79.9. The number of halogens is 2. The van der Waals surface area contributed by atoms with Crippen molar-refractivity contribution < 1.29 is 9.18 Å². The van der Waals surface area contributed by atoms with Gasteiger partial charge in [-0.05, 0) is 39.7 Å². The van der Waals surface area contributed by atoms with E-state index >= 15 is 0 Å². The summed E-state index contributed by atoms with van der Waals surface area (Å²) in [6, 6.07) is 13.9. The smallest absolute Gasteiger partial charge is 0.248 e. The number of nitrogens with one attached hydrogen (secondary N) is 1. The van der Waals surface area contributed by atoms with Gasteiger partial charge in [0, 0.05) is 6.08 Å². The van der Waals surface area contributed by atoms with Crippen molar-refractivity contribution in [1.82, 2.24) is 0 Å². The molecule has 0 saturated carbocycles. The number of benzene rings is 2. The van der Waals surface area contributed by atoms with E-state index in [4.69, 9.17) is 0 Å². The first-order valence-corrected chi connectivity index (χ1v) is 6.44. The molecule has 0 unspecified atom stereocenters. The minimum atomic E-state index is -0.412. The monoisotopic (exact) mass is 319 g/mol. The van der Waals surface area contributed by atoms with Crippen molar-refractivity contribution in [2.75, 3.05) is 5.32 Å². The van der Waals surface area contributed by atoms with Crippen molar-refractivity contribution >= 4 is 33.6 Å². The van der Waals surface area contributed by atoms with Crippen molar-refractivity contribution in [1.29, 1.82) is 0 Å². The van der Waals surface area contributed by atoms with Crippen molar-refractivity contribution in [3.05, 3.63) is 70.5 Å². The summed E-state index contributed by atoms with van der Waals surface area (Å²) in [6.45, 7) is 0. The molecule has 2 rings (SSSR count). The number of amides is 1. The van der Waals surface area contributed by atoms with Gasteiger partial charge in [-0.1, -0.05) is 36.4 Å². The Labute approximate surface area is 119 Å². The fourth-order valence-corrected chi connectivity index (χ4v) is 1.87. The van der Waals surface area contributed by atoms with Gasteiger partial charge >= 0.3 is 0 Å². The fourth-order valence-electron chi connectivity index (χ4n) is 1.51. The van der Waals surface area contributed by atoms with Crippen LogP contribution in [0.15, 0.2) is 59.1 Å². The molecule has 0 atom stereocenters. The van der Waals surface area contributed by atoms with Gasteiger partial charge in [-0.3, -0.25) is 4.79 Å². The molecule has 1 amide bonds. The zero-order valence-electron chi connectivity index (χ0n) is 9.94. The molecule has 0 radical (unpaired) electrons. The maximum absolute atomic E-state index is 13.3. The van der Waals surface area contributed by atoms with Crippen molar-refractivity contribution in [3.8, 4) is 0 Å². The minimum Gasteiger partial charge on any atom is -0.321 e. The molecule has 1 N–H and O–H groups in total. The Hall–Kier alpha value is -1.94. The number of hydrogen-bond donors (Lipinski definition) is 1. The summed E-state index contributed by atoms with van der Waals surface area (Å²) in [4.78, 5) is 11.7. The van der Waals surface area contributed by atoms with E-state index < -0.39 is 5.82 Å². The van der Waals surface area contributed by atoms with E-state index in [1.165, 1.54) is 18.2 Å². The number of carbonyl (C=O) groups is 1. The van der Waals surface area contributed by atoms with Crippen LogP contribution in [-0.2, 0) is 4.79 Å². The maximum Gasteiger partial charge on any atom is 0.248 e. The van der Waals surface area contributed by atoms with E-state index in [1.807, 2.05) is 30.3 Å². The molecule has 0 saturated heterocycles. The number of rotatable bonds is 3. The first-order chi connectivity index (χ1) is 9.16. The molecule has 0 bridgehead atoms. The average molecular weight is 320 g/mol. The van der Waals surface area contributed by atoms with Gasteiger partial charge in [0.2, 0.25) is 5.91 Å². The molecule has 2 aromatic rings. The Morgan fingerprint density at radius 3 is 2.58 bits per heavy atom. The normalized spacial score (nSPS) is 10.6. The largest absolute Gasteiger partial charge is 0.321 e. The Bertz CT molecular complexity index is 611. The second-order valence-electron chi connectivity index (χ2n) is 3.83. The van der Waals surface area contributed by atoms with Crippen LogP contribution in [0.3, 0.4) is 0 Å². The number of anilines is 1. The SMILES string of the molecule is O=C(/C=C/c1ccccc1)Nc1cccc(F)c1Br. The Kier molecular flexibility index (Phi) is 4.47. The Morgan fingerprint density at radius 2 is 1.84 bits per heavy atom. The summed E-state index contributed by atoms with van der Waals surface area (Å²) in [5.41, 5.74) is 1.33. The van der Waals surface area contributed by atoms with E-state index in [9.17, 15) is 9.18 Å². The zero-order valence-corrected chi connectivity index (χ0v) is 11.5. The van der Waals surface area contributed by atoms with Gasteiger partial charge in [0.1, 0.15) is 5.82 Å². The van der Waals surface area contributed by atoms with Crippen LogP contribution in [0.4, 0.5) is 10.1 Å². The molecular formula is C15H11BrFNO. The summed E-state index contributed by atoms with van der Waals surface area (Å²) in [7, 11) is 0. The lowest BCUT2D eigenvalue weighted by molar-refractivity contribution is -0.111. The van der Waals surface area contributed by atoms with Crippen LogP contribution in [0, 0.1) is 5.82 Å². The lowest BCUT2D eigenvalue weighted by Gasteiger charge is -2.05. The topological polar surface area (TPSA) is 29.1 Å². The third-order valence-corrected chi connectivity index (χ3v) is 3.24. The predicted molar refractivity (Wildman–Crippen MR) is 78.2 cm³/mol. The Balaban J connectivity index is 2.06. The molecule has 19 heavy (non-hydrogen) atoms. The van der Waals surface area contributed by atoms with Gasteiger partial charge < -0.3 is 5.32 Å². The molecule has 0 fully saturated rings. The molecule has 0 aliphatic heterocycles. The fraction of sp³-hybridized carbons (Fsp3) is 0. The van der Waals surface area contributed by atoms with Crippen LogP contribution in [0.5, 0.6) is 0 Å². The number of carbonyl (C=O) groups excluding carboxylic acids is 1. The summed E-state index contributed by atoms with van der Waals surface area (Å²) >= 11 is 3.09. The zero-order chi connectivity index (χ0) is 13.7. The molecule has 2 nitrogen and oxygen atoms in total. The lowest BCUT2D eigenvalue weighted by Crippen LogP contribution is -2.08. The molecular weight excluding hydrogens is 309 g/mol. The van der Waals surface area contributed by atoms with Crippen molar-refractivity contribution in [2.24, 2.45) is 0 Å². The molecule has 0 aromatic heterocycles. The summed E-state index contributed by atoms with van der Waals surface area (Å²) in [6.07, 6.45) is 3.11. The van der Waals surface area contributed by atoms with Gasteiger partial charge in [-0.25, -0.2) is 4.39 Å². The maximum atomic E-state index is 13.3. The van der Waals surface area contributed by atoms with Crippen LogP contribution in [0.2, 0.25) is 0 Å². The first kappa shape index (κ1) is 13.5. The van der Waals surface area contributed by atoms with Gasteiger partial charge in [0.15, 0.2) is 0 Å². The molecule has 2 aromatic carbocycles. The third-order valence-electron chi connectivity index (χ3n) is 2.44. The first-order valence-electron chi connectivity index (χ1n) is 5.65. The van der Waals surface area contributed by atoms with Crippen LogP contribution >= 0.6 is 15.9 Å². The number of hydrogen-bond acceptors (Lipinski definition) is 1. The van der Waals surface area contributed by atoms with E-state index in [0.717, 1.165) is 5.56 Å². The van der Waals surface area contributed by atoms with E-state index in [-0.39, 0.29) is 10.4 Å². The van der Waals surface area contributed by atoms with Crippen molar-refractivity contribution in [3.63, 3.8) is 0 Å². The molecule has 0 spiro atoms. The van der Waals surface area contributed by atoms with Crippen LogP contribution in [-0.4, -0.2) is 5.91 Å². The van der Waals surface area contributed by atoms with E-state index in [1.54, 1.807) is 12.1 Å². The van der Waals surface area contributed by atoms with Gasteiger partial charge in [-0.15, -0.1) is 0 Å². The van der Waals surface area contributed by atoms with Crippen LogP contribution < -0.4 is 5.32 Å². The van der Waals surface area contributed by atoms with Gasteiger partial charge in [0.05, 0.1) is 10.2 Å². The summed E-state index contributed by atoms with van der Waals surface area (Å²) in [5.74, 6) is -0.722. The van der Waals surface area contributed by atoms with Gasteiger partial charge in [0.25, 0.3) is 0 Å². The van der Waals surface area contributed by atoms with Gasteiger partial charge in [-0.2, -0.15) is 0 Å². The predicted octanol–water partition coefficient (Wildman–Crippen LogP) is 4.24. The minimum absolute atomic E-state index is 0.247. The molecule has 4 heteroatoms. The highest BCUT2D eigenvalue weighted by Gasteiger charge is 2.06. The average Bonchev–Trinajstić information content (AvgIpc) is 2.43. The molecule has 0 heterocycles. The van der Waals surface area contributed by atoms with Crippen LogP contribution in [0.1, 0.15) is 5.56 Å². The highest BCUT2D eigenvalue weighted by molar-refractivity contribution is 9.10. The summed E-state index contributed by atoms with van der Waals surface area (Å²) < 4.78 is 13.5. The van der Waals surface area contributed by atoms with E-state index in [2.05, 4.69) is 21.2 Å². The second kappa shape index (κ2) is 6.29. The van der Waals surface area contributed by atoms with E-state index in [0.29, 0.717) is 5.69 Å². The molecule has 96 valence electrons. The Morgan fingerprint density at radius 1 is 1.11 bits per heavy atom. The molecule has 0 aliphatic rings. The van der Waals surface area contributed by atoms with Crippen molar-refractivity contribution in [2.45, 2.75) is 0 Å². The standard InChI is InChI=1S/C15H11BrFNO/c16-15-12(17)7-4-8-13(15)18-14(19)10-9-11-5-2-1-3-6-11/h1-10H,(H,18,19)/b10-9+. The second-order valence-corrected chi connectivity index (χ2v) is 4.63. The highest BCUT2D eigenvalue weighted by Crippen LogP contribution is 2.24.